The lowest BCUT2D eigenvalue weighted by Crippen LogP contribution is -2.27. The predicted octanol–water partition coefficient (Wildman–Crippen LogP) is 4.37. The molecule has 0 atom stereocenters. The van der Waals surface area contributed by atoms with Gasteiger partial charge in [0.05, 0.1) is 9.40 Å². The quantitative estimate of drug-likeness (QED) is 0.547. The van der Waals surface area contributed by atoms with E-state index in [9.17, 15) is 10.1 Å². The van der Waals surface area contributed by atoms with Gasteiger partial charge in [0.15, 0.2) is 0 Å². The predicted molar refractivity (Wildman–Crippen MR) is 83.7 cm³/mol. The zero-order chi connectivity index (χ0) is 14.7. The fourth-order valence-electron chi connectivity index (χ4n) is 2.29. The lowest BCUT2D eigenvalue weighted by atomic mass is 10.1. The van der Waals surface area contributed by atoms with Gasteiger partial charge >= 0.3 is 0 Å². The SMILES string of the molecule is CC(C)CCN(Cc1ccc(Br)c([N+](=O)[O-])c1)C1CC1. The van der Waals surface area contributed by atoms with Crippen molar-refractivity contribution in [1.29, 1.82) is 0 Å². The summed E-state index contributed by atoms with van der Waals surface area (Å²) in [4.78, 5) is 13.1. The van der Waals surface area contributed by atoms with Gasteiger partial charge in [-0.25, -0.2) is 0 Å². The Hall–Kier alpha value is -0.940. The van der Waals surface area contributed by atoms with E-state index in [1.807, 2.05) is 6.07 Å². The van der Waals surface area contributed by atoms with Gasteiger partial charge in [-0.05, 0) is 59.3 Å². The van der Waals surface area contributed by atoms with E-state index in [0.717, 1.165) is 18.7 Å². The molecule has 5 heteroatoms. The minimum Gasteiger partial charge on any atom is -0.296 e. The first-order valence-corrected chi connectivity index (χ1v) is 7.93. The fraction of sp³-hybridized carbons (Fsp3) is 0.600. The Morgan fingerprint density at radius 2 is 2.15 bits per heavy atom. The van der Waals surface area contributed by atoms with Crippen LogP contribution in [0.4, 0.5) is 5.69 Å². The number of benzene rings is 1. The fourth-order valence-corrected chi connectivity index (χ4v) is 2.68. The topological polar surface area (TPSA) is 46.4 Å². The minimum atomic E-state index is -0.330. The summed E-state index contributed by atoms with van der Waals surface area (Å²) in [6.45, 7) is 6.35. The molecule has 0 spiro atoms. The highest BCUT2D eigenvalue weighted by Gasteiger charge is 2.29. The molecular weight excluding hydrogens is 320 g/mol. The zero-order valence-electron chi connectivity index (χ0n) is 12.0. The molecule has 1 fully saturated rings. The first kappa shape index (κ1) is 15.4. The van der Waals surface area contributed by atoms with Crippen LogP contribution in [0.25, 0.3) is 0 Å². The molecule has 0 aromatic heterocycles. The first-order valence-electron chi connectivity index (χ1n) is 7.14. The molecule has 110 valence electrons. The Balaban J connectivity index is 2.06. The molecule has 0 amide bonds. The van der Waals surface area contributed by atoms with Crippen LogP contribution in [0, 0.1) is 16.0 Å². The molecule has 2 rings (SSSR count). The molecule has 0 saturated heterocycles. The van der Waals surface area contributed by atoms with Crippen molar-refractivity contribution >= 4 is 21.6 Å². The summed E-state index contributed by atoms with van der Waals surface area (Å²) in [7, 11) is 0. The monoisotopic (exact) mass is 340 g/mol. The van der Waals surface area contributed by atoms with Crippen molar-refractivity contribution in [2.45, 2.75) is 45.7 Å². The summed E-state index contributed by atoms with van der Waals surface area (Å²) in [5.74, 6) is 0.690. The molecular formula is C15H21BrN2O2. The summed E-state index contributed by atoms with van der Waals surface area (Å²) in [6, 6.07) is 6.12. The standard InChI is InChI=1S/C15H21BrN2O2/c1-11(2)7-8-17(13-4-5-13)10-12-3-6-14(16)15(9-12)18(19)20/h3,6,9,11,13H,4-5,7-8,10H2,1-2H3. The van der Waals surface area contributed by atoms with Crippen molar-refractivity contribution in [3.05, 3.63) is 38.3 Å². The number of hydrogen-bond acceptors (Lipinski definition) is 3. The summed E-state index contributed by atoms with van der Waals surface area (Å²) in [6.07, 6.45) is 3.70. The van der Waals surface area contributed by atoms with Crippen molar-refractivity contribution in [3.8, 4) is 0 Å². The van der Waals surface area contributed by atoms with Crippen molar-refractivity contribution in [3.63, 3.8) is 0 Å². The Labute approximate surface area is 128 Å². The van der Waals surface area contributed by atoms with Gasteiger partial charge in [-0.1, -0.05) is 19.9 Å². The highest BCUT2D eigenvalue weighted by atomic mass is 79.9. The highest BCUT2D eigenvalue weighted by Crippen LogP contribution is 2.31. The summed E-state index contributed by atoms with van der Waals surface area (Å²) >= 11 is 3.23. The minimum absolute atomic E-state index is 0.155. The highest BCUT2D eigenvalue weighted by molar-refractivity contribution is 9.10. The average molecular weight is 341 g/mol. The molecule has 1 aliphatic rings. The molecule has 0 radical (unpaired) electrons. The van der Waals surface area contributed by atoms with Crippen LogP contribution in [0.5, 0.6) is 0 Å². The maximum absolute atomic E-state index is 11.0. The van der Waals surface area contributed by atoms with Gasteiger partial charge in [0, 0.05) is 18.7 Å². The van der Waals surface area contributed by atoms with Crippen LogP contribution < -0.4 is 0 Å². The molecule has 0 bridgehead atoms. The van der Waals surface area contributed by atoms with Crippen LogP contribution >= 0.6 is 15.9 Å². The van der Waals surface area contributed by atoms with Crippen LogP contribution in [0.15, 0.2) is 22.7 Å². The summed E-state index contributed by atoms with van der Waals surface area (Å²) in [5, 5.41) is 11.0. The third-order valence-electron chi connectivity index (χ3n) is 3.65. The number of nitrogens with zero attached hydrogens (tertiary/aromatic N) is 2. The molecule has 1 aromatic rings. The number of nitro benzene ring substituents is 1. The first-order chi connectivity index (χ1) is 9.47. The van der Waals surface area contributed by atoms with E-state index in [2.05, 4.69) is 34.7 Å². The zero-order valence-corrected chi connectivity index (χ0v) is 13.6. The van der Waals surface area contributed by atoms with Crippen molar-refractivity contribution in [2.24, 2.45) is 5.92 Å². The third-order valence-corrected chi connectivity index (χ3v) is 4.32. The maximum Gasteiger partial charge on any atom is 0.283 e. The third kappa shape index (κ3) is 4.28. The van der Waals surface area contributed by atoms with Crippen LogP contribution in [0.3, 0.4) is 0 Å². The molecule has 1 aliphatic carbocycles. The van der Waals surface area contributed by atoms with Gasteiger partial charge in [-0.15, -0.1) is 0 Å². The number of halogens is 1. The van der Waals surface area contributed by atoms with E-state index in [4.69, 9.17) is 0 Å². The lowest BCUT2D eigenvalue weighted by Gasteiger charge is -2.23. The second kappa shape index (κ2) is 6.68. The normalized spacial score (nSPS) is 15.1. The molecule has 20 heavy (non-hydrogen) atoms. The lowest BCUT2D eigenvalue weighted by molar-refractivity contribution is -0.385. The van der Waals surface area contributed by atoms with Gasteiger partial charge in [-0.2, -0.15) is 0 Å². The largest absolute Gasteiger partial charge is 0.296 e. The Bertz CT molecular complexity index is 487. The van der Waals surface area contributed by atoms with Crippen LogP contribution in [0.2, 0.25) is 0 Å². The summed E-state index contributed by atoms with van der Waals surface area (Å²) < 4.78 is 0.548. The molecule has 1 aromatic carbocycles. The molecule has 0 heterocycles. The van der Waals surface area contributed by atoms with Crippen LogP contribution in [-0.4, -0.2) is 22.4 Å². The summed E-state index contributed by atoms with van der Waals surface area (Å²) in [5.41, 5.74) is 1.18. The van der Waals surface area contributed by atoms with Gasteiger partial charge in [0.1, 0.15) is 0 Å². The molecule has 0 N–H and O–H groups in total. The van der Waals surface area contributed by atoms with Crippen LogP contribution in [-0.2, 0) is 6.54 Å². The van der Waals surface area contributed by atoms with E-state index in [0.29, 0.717) is 16.4 Å². The van der Waals surface area contributed by atoms with E-state index in [1.165, 1.54) is 19.3 Å². The van der Waals surface area contributed by atoms with E-state index >= 15 is 0 Å². The number of nitro groups is 1. The van der Waals surface area contributed by atoms with E-state index in [1.54, 1.807) is 12.1 Å². The molecule has 1 saturated carbocycles. The van der Waals surface area contributed by atoms with Gasteiger partial charge in [0.2, 0.25) is 0 Å². The van der Waals surface area contributed by atoms with Gasteiger partial charge < -0.3 is 0 Å². The van der Waals surface area contributed by atoms with Crippen LogP contribution in [0.1, 0.15) is 38.7 Å². The number of rotatable bonds is 7. The molecule has 4 nitrogen and oxygen atoms in total. The second-order valence-corrected chi connectivity index (χ2v) is 6.78. The molecule has 0 aliphatic heterocycles. The van der Waals surface area contributed by atoms with Crippen molar-refractivity contribution < 1.29 is 4.92 Å². The second-order valence-electron chi connectivity index (χ2n) is 5.93. The molecule has 0 unspecified atom stereocenters. The smallest absolute Gasteiger partial charge is 0.283 e. The van der Waals surface area contributed by atoms with E-state index in [-0.39, 0.29) is 10.6 Å². The van der Waals surface area contributed by atoms with E-state index < -0.39 is 0 Å². The average Bonchev–Trinajstić information content (AvgIpc) is 3.20. The van der Waals surface area contributed by atoms with Crippen molar-refractivity contribution in [2.75, 3.05) is 6.54 Å². The Kier molecular flexibility index (Phi) is 5.16. The Morgan fingerprint density at radius 1 is 1.45 bits per heavy atom. The van der Waals surface area contributed by atoms with Gasteiger partial charge in [-0.3, -0.25) is 15.0 Å². The van der Waals surface area contributed by atoms with Gasteiger partial charge in [0.25, 0.3) is 5.69 Å². The number of hydrogen-bond donors (Lipinski definition) is 0. The Morgan fingerprint density at radius 3 is 2.70 bits per heavy atom. The van der Waals surface area contributed by atoms with Crippen molar-refractivity contribution in [1.82, 2.24) is 4.90 Å². The maximum atomic E-state index is 11.0.